The fraction of sp³-hybridized carbons (Fsp3) is 0.214. The third-order valence-electron chi connectivity index (χ3n) is 2.89. The van der Waals surface area contributed by atoms with Crippen LogP contribution in [0.3, 0.4) is 0 Å². The number of benzene rings is 1. The van der Waals surface area contributed by atoms with E-state index in [4.69, 9.17) is 0 Å². The summed E-state index contributed by atoms with van der Waals surface area (Å²) in [5.74, 6) is -0.667. The number of rotatable bonds is 3. The van der Waals surface area contributed by atoms with Crippen molar-refractivity contribution < 1.29 is 9.59 Å². The SMILES string of the molecule is CC(=O)C(C(C)=O)n1ccc2ccccc2c1=O. The average molecular weight is 243 g/mol. The van der Waals surface area contributed by atoms with E-state index in [1.54, 1.807) is 18.2 Å². The number of Topliss-reactive ketones (excluding diaryl/α,β-unsaturated/α-hetero) is 2. The summed E-state index contributed by atoms with van der Waals surface area (Å²) in [7, 11) is 0. The largest absolute Gasteiger partial charge is 0.297 e. The van der Waals surface area contributed by atoms with Gasteiger partial charge in [-0.15, -0.1) is 0 Å². The Kier molecular flexibility index (Phi) is 3.10. The highest BCUT2D eigenvalue weighted by atomic mass is 16.2. The summed E-state index contributed by atoms with van der Waals surface area (Å²) in [6, 6.07) is 7.80. The average Bonchev–Trinajstić information content (AvgIpc) is 2.32. The molecule has 0 saturated heterocycles. The van der Waals surface area contributed by atoms with Crippen molar-refractivity contribution in [3.63, 3.8) is 0 Å². The lowest BCUT2D eigenvalue weighted by Crippen LogP contribution is -2.32. The molecule has 92 valence electrons. The fourth-order valence-corrected chi connectivity index (χ4v) is 2.09. The fourth-order valence-electron chi connectivity index (χ4n) is 2.09. The maximum absolute atomic E-state index is 12.2. The maximum atomic E-state index is 12.2. The Bertz CT molecular complexity index is 671. The first-order valence-electron chi connectivity index (χ1n) is 5.63. The van der Waals surface area contributed by atoms with E-state index in [1.807, 2.05) is 12.1 Å². The van der Waals surface area contributed by atoms with Crippen molar-refractivity contribution in [1.82, 2.24) is 4.57 Å². The summed E-state index contributed by atoms with van der Waals surface area (Å²) in [5, 5.41) is 1.30. The lowest BCUT2D eigenvalue weighted by atomic mass is 10.1. The molecule has 0 N–H and O–H groups in total. The summed E-state index contributed by atoms with van der Waals surface area (Å²) < 4.78 is 1.20. The minimum Gasteiger partial charge on any atom is -0.297 e. The predicted molar refractivity (Wildman–Crippen MR) is 68.6 cm³/mol. The molecule has 2 aromatic rings. The van der Waals surface area contributed by atoms with Gasteiger partial charge in [0.2, 0.25) is 0 Å². The Morgan fingerprint density at radius 1 is 1.06 bits per heavy atom. The van der Waals surface area contributed by atoms with Crippen molar-refractivity contribution >= 4 is 22.3 Å². The first-order valence-corrected chi connectivity index (χ1v) is 5.63. The van der Waals surface area contributed by atoms with Crippen molar-refractivity contribution in [2.24, 2.45) is 0 Å². The van der Waals surface area contributed by atoms with Gasteiger partial charge in [-0.05, 0) is 31.4 Å². The Hall–Kier alpha value is -2.23. The summed E-state index contributed by atoms with van der Waals surface area (Å²) >= 11 is 0. The molecule has 0 atom stereocenters. The molecule has 0 saturated carbocycles. The Morgan fingerprint density at radius 3 is 2.28 bits per heavy atom. The molecule has 0 aliphatic carbocycles. The number of hydrogen-bond acceptors (Lipinski definition) is 3. The molecular formula is C14H13NO3. The smallest absolute Gasteiger partial charge is 0.259 e. The standard InChI is InChI=1S/C14H13NO3/c1-9(16)13(10(2)17)15-8-7-11-5-3-4-6-12(11)14(15)18/h3-8,13H,1-2H3. The van der Waals surface area contributed by atoms with Gasteiger partial charge in [0.15, 0.2) is 17.6 Å². The van der Waals surface area contributed by atoms with Gasteiger partial charge in [-0.2, -0.15) is 0 Å². The highest BCUT2D eigenvalue weighted by Gasteiger charge is 2.22. The summed E-state index contributed by atoms with van der Waals surface area (Å²) in [5.41, 5.74) is -0.316. The topological polar surface area (TPSA) is 56.1 Å². The number of fused-ring (bicyclic) bond motifs is 1. The van der Waals surface area contributed by atoms with Crippen LogP contribution < -0.4 is 5.56 Å². The number of aromatic nitrogens is 1. The molecule has 4 heteroatoms. The van der Waals surface area contributed by atoms with Gasteiger partial charge in [0.1, 0.15) is 0 Å². The minimum atomic E-state index is -1.03. The Labute approximate surface area is 104 Å². The Balaban J connectivity index is 2.72. The predicted octanol–water partition coefficient (Wildman–Crippen LogP) is 1.72. The first kappa shape index (κ1) is 12.2. The first-order chi connectivity index (χ1) is 8.52. The zero-order valence-electron chi connectivity index (χ0n) is 10.2. The third kappa shape index (κ3) is 1.97. The zero-order chi connectivity index (χ0) is 13.3. The minimum absolute atomic E-state index is 0.316. The number of pyridine rings is 1. The molecule has 0 aliphatic heterocycles. The second-order valence-corrected chi connectivity index (χ2v) is 4.24. The lowest BCUT2D eigenvalue weighted by Gasteiger charge is -2.14. The molecule has 1 aromatic carbocycles. The van der Waals surface area contributed by atoms with Crippen LogP contribution in [0.1, 0.15) is 19.9 Å². The maximum Gasteiger partial charge on any atom is 0.259 e. The van der Waals surface area contributed by atoms with Crippen molar-refractivity contribution in [3.8, 4) is 0 Å². The van der Waals surface area contributed by atoms with Crippen molar-refractivity contribution in [2.45, 2.75) is 19.9 Å². The van der Waals surface area contributed by atoms with Crippen LogP contribution in [-0.4, -0.2) is 16.1 Å². The van der Waals surface area contributed by atoms with Crippen LogP contribution in [0.4, 0.5) is 0 Å². The molecular weight excluding hydrogens is 230 g/mol. The molecule has 0 radical (unpaired) electrons. The van der Waals surface area contributed by atoms with E-state index in [1.165, 1.54) is 24.6 Å². The number of carbonyl (C=O) groups excluding carboxylic acids is 2. The van der Waals surface area contributed by atoms with Crippen LogP contribution >= 0.6 is 0 Å². The van der Waals surface area contributed by atoms with Gasteiger partial charge < -0.3 is 0 Å². The van der Waals surface area contributed by atoms with Gasteiger partial charge >= 0.3 is 0 Å². The highest BCUT2D eigenvalue weighted by Crippen LogP contribution is 2.12. The van der Waals surface area contributed by atoms with E-state index in [2.05, 4.69) is 0 Å². The van der Waals surface area contributed by atoms with E-state index in [-0.39, 0.29) is 17.1 Å². The number of hydrogen-bond donors (Lipinski definition) is 0. The van der Waals surface area contributed by atoms with Crippen molar-refractivity contribution in [2.75, 3.05) is 0 Å². The number of carbonyl (C=O) groups is 2. The molecule has 4 nitrogen and oxygen atoms in total. The molecule has 1 aromatic heterocycles. The van der Waals surface area contributed by atoms with Gasteiger partial charge in [-0.3, -0.25) is 19.0 Å². The molecule has 0 spiro atoms. The molecule has 0 bridgehead atoms. The molecule has 2 rings (SSSR count). The molecule has 18 heavy (non-hydrogen) atoms. The van der Waals surface area contributed by atoms with Crippen LogP contribution in [0.25, 0.3) is 10.8 Å². The van der Waals surface area contributed by atoms with Crippen molar-refractivity contribution in [1.29, 1.82) is 0 Å². The van der Waals surface area contributed by atoms with Gasteiger partial charge in [-0.1, -0.05) is 18.2 Å². The van der Waals surface area contributed by atoms with E-state index < -0.39 is 6.04 Å². The molecule has 1 heterocycles. The second kappa shape index (κ2) is 4.56. The normalized spacial score (nSPS) is 10.8. The van der Waals surface area contributed by atoms with E-state index in [0.717, 1.165) is 5.39 Å². The number of nitrogens with zero attached hydrogens (tertiary/aromatic N) is 1. The molecule has 0 unspecified atom stereocenters. The Morgan fingerprint density at radius 2 is 1.67 bits per heavy atom. The van der Waals surface area contributed by atoms with Crippen LogP contribution in [0, 0.1) is 0 Å². The quantitative estimate of drug-likeness (QED) is 0.771. The summed E-state index contributed by atoms with van der Waals surface area (Å²) in [6.45, 7) is 2.63. The van der Waals surface area contributed by atoms with E-state index in [9.17, 15) is 14.4 Å². The van der Waals surface area contributed by atoms with Crippen molar-refractivity contribution in [3.05, 3.63) is 46.9 Å². The van der Waals surface area contributed by atoms with Crippen LogP contribution in [0.15, 0.2) is 41.3 Å². The zero-order valence-corrected chi connectivity index (χ0v) is 10.2. The second-order valence-electron chi connectivity index (χ2n) is 4.24. The van der Waals surface area contributed by atoms with Gasteiger partial charge in [0.05, 0.1) is 0 Å². The molecule has 0 aliphatic rings. The van der Waals surface area contributed by atoms with Crippen LogP contribution in [0.2, 0.25) is 0 Å². The monoisotopic (exact) mass is 243 g/mol. The number of ketones is 2. The van der Waals surface area contributed by atoms with E-state index >= 15 is 0 Å². The summed E-state index contributed by atoms with van der Waals surface area (Å²) in [6.07, 6.45) is 1.50. The third-order valence-corrected chi connectivity index (χ3v) is 2.89. The summed E-state index contributed by atoms with van der Waals surface area (Å²) in [4.78, 5) is 35.2. The van der Waals surface area contributed by atoms with Crippen LogP contribution in [0.5, 0.6) is 0 Å². The van der Waals surface area contributed by atoms with Gasteiger partial charge in [0.25, 0.3) is 5.56 Å². The van der Waals surface area contributed by atoms with Gasteiger partial charge in [0, 0.05) is 11.6 Å². The molecule has 0 amide bonds. The van der Waals surface area contributed by atoms with Gasteiger partial charge in [-0.25, -0.2) is 0 Å². The molecule has 0 fully saturated rings. The van der Waals surface area contributed by atoms with Crippen LogP contribution in [-0.2, 0) is 9.59 Å². The lowest BCUT2D eigenvalue weighted by molar-refractivity contribution is -0.129. The highest BCUT2D eigenvalue weighted by molar-refractivity contribution is 6.02. The van der Waals surface area contributed by atoms with E-state index in [0.29, 0.717) is 5.39 Å².